The van der Waals surface area contributed by atoms with Gasteiger partial charge in [0.2, 0.25) is 0 Å². The molecule has 1 N–H and O–H groups in total. The van der Waals surface area contributed by atoms with E-state index < -0.39 is 11.6 Å². The molecular formula is C11H11NO3S. The van der Waals surface area contributed by atoms with Crippen LogP contribution in [0.3, 0.4) is 0 Å². The molecule has 2 aromatic rings. The first-order chi connectivity index (χ1) is 7.49. The van der Waals surface area contributed by atoms with Crippen LogP contribution in [0, 0.1) is 0 Å². The molecule has 0 fully saturated rings. The summed E-state index contributed by atoms with van der Waals surface area (Å²) >= 11 is 1.50. The molecule has 16 heavy (non-hydrogen) atoms. The molecule has 0 spiro atoms. The van der Waals surface area contributed by atoms with Gasteiger partial charge in [-0.1, -0.05) is 0 Å². The van der Waals surface area contributed by atoms with Crippen molar-refractivity contribution in [2.24, 2.45) is 0 Å². The van der Waals surface area contributed by atoms with Crippen molar-refractivity contribution < 1.29 is 14.6 Å². The summed E-state index contributed by atoms with van der Waals surface area (Å²) in [6.07, 6.45) is 0. The quantitative estimate of drug-likeness (QED) is 0.891. The number of rotatable bonds is 3. The van der Waals surface area contributed by atoms with Gasteiger partial charge in [0.25, 0.3) is 0 Å². The molecule has 1 aromatic carbocycles. The highest BCUT2D eigenvalue weighted by Gasteiger charge is 2.29. The summed E-state index contributed by atoms with van der Waals surface area (Å²) in [6.45, 7) is 3.04. The van der Waals surface area contributed by atoms with E-state index in [2.05, 4.69) is 4.98 Å². The summed E-state index contributed by atoms with van der Waals surface area (Å²) in [5.74, 6) is -0.443. The van der Waals surface area contributed by atoms with E-state index in [9.17, 15) is 4.79 Å². The van der Waals surface area contributed by atoms with E-state index in [1.807, 2.05) is 6.07 Å². The fraction of sp³-hybridized carbons (Fsp3) is 0.273. The molecule has 0 saturated heterocycles. The minimum absolute atomic E-state index is 0.546. The smallest absolute Gasteiger partial charge is 0.347 e. The van der Waals surface area contributed by atoms with Crippen molar-refractivity contribution in [2.75, 3.05) is 0 Å². The second-order valence-electron chi connectivity index (χ2n) is 3.90. The van der Waals surface area contributed by atoms with Gasteiger partial charge in [0.15, 0.2) is 5.60 Å². The number of nitrogens with zero attached hydrogens (tertiary/aromatic N) is 1. The van der Waals surface area contributed by atoms with Gasteiger partial charge in [0.1, 0.15) is 5.75 Å². The fourth-order valence-electron chi connectivity index (χ4n) is 1.24. The van der Waals surface area contributed by atoms with Crippen LogP contribution in [0.1, 0.15) is 13.8 Å². The van der Waals surface area contributed by atoms with Gasteiger partial charge in [-0.15, -0.1) is 11.3 Å². The van der Waals surface area contributed by atoms with Crippen molar-refractivity contribution in [1.29, 1.82) is 0 Å². The number of carboxylic acids is 1. The number of hydrogen-bond donors (Lipinski definition) is 1. The number of hydrogen-bond acceptors (Lipinski definition) is 4. The second-order valence-corrected chi connectivity index (χ2v) is 4.79. The summed E-state index contributed by atoms with van der Waals surface area (Å²) < 4.78 is 6.40. The van der Waals surface area contributed by atoms with Crippen LogP contribution in [0.2, 0.25) is 0 Å². The molecule has 0 aliphatic heterocycles. The van der Waals surface area contributed by atoms with Crippen LogP contribution in [-0.4, -0.2) is 21.7 Å². The summed E-state index contributed by atoms with van der Waals surface area (Å²) in [5.41, 5.74) is 1.42. The SMILES string of the molecule is CC(C)(Oc1ccc2ncsc2c1)C(=O)O. The third-order valence-corrected chi connectivity index (χ3v) is 2.98. The van der Waals surface area contributed by atoms with Crippen molar-refractivity contribution in [3.8, 4) is 5.75 Å². The highest BCUT2D eigenvalue weighted by molar-refractivity contribution is 7.16. The van der Waals surface area contributed by atoms with E-state index >= 15 is 0 Å². The number of fused-ring (bicyclic) bond motifs is 1. The average Bonchev–Trinajstić information content (AvgIpc) is 2.63. The number of thiazole rings is 1. The van der Waals surface area contributed by atoms with Crippen LogP contribution in [0.4, 0.5) is 0 Å². The molecule has 0 aliphatic rings. The summed E-state index contributed by atoms with van der Waals surface area (Å²) in [5, 5.41) is 8.94. The summed E-state index contributed by atoms with van der Waals surface area (Å²) in [4.78, 5) is 15.0. The lowest BCUT2D eigenvalue weighted by molar-refractivity contribution is -0.152. The van der Waals surface area contributed by atoms with E-state index in [0.29, 0.717) is 5.75 Å². The first-order valence-electron chi connectivity index (χ1n) is 4.75. The van der Waals surface area contributed by atoms with Gasteiger partial charge >= 0.3 is 5.97 Å². The minimum Gasteiger partial charge on any atom is -0.478 e. The Balaban J connectivity index is 2.30. The zero-order valence-corrected chi connectivity index (χ0v) is 9.75. The highest BCUT2D eigenvalue weighted by atomic mass is 32.1. The molecule has 0 unspecified atom stereocenters. The van der Waals surface area contributed by atoms with Crippen molar-refractivity contribution in [1.82, 2.24) is 4.98 Å². The molecule has 1 aromatic heterocycles. The zero-order chi connectivity index (χ0) is 11.8. The maximum Gasteiger partial charge on any atom is 0.347 e. The Labute approximate surface area is 96.5 Å². The Morgan fingerprint density at radius 1 is 1.50 bits per heavy atom. The molecule has 0 atom stereocenters. The Morgan fingerprint density at radius 2 is 2.25 bits per heavy atom. The van der Waals surface area contributed by atoms with Crippen LogP contribution in [-0.2, 0) is 4.79 Å². The number of carbonyl (C=O) groups is 1. The van der Waals surface area contributed by atoms with Gasteiger partial charge in [-0.2, -0.15) is 0 Å². The Bertz CT molecular complexity index is 533. The van der Waals surface area contributed by atoms with Crippen LogP contribution >= 0.6 is 11.3 Å². The highest BCUT2D eigenvalue weighted by Crippen LogP contribution is 2.26. The van der Waals surface area contributed by atoms with Crippen molar-refractivity contribution >= 4 is 27.5 Å². The Hall–Kier alpha value is -1.62. The maximum atomic E-state index is 10.9. The van der Waals surface area contributed by atoms with Crippen molar-refractivity contribution in [3.63, 3.8) is 0 Å². The summed E-state index contributed by atoms with van der Waals surface area (Å²) in [6, 6.07) is 5.35. The molecule has 5 heteroatoms. The van der Waals surface area contributed by atoms with E-state index in [0.717, 1.165) is 10.2 Å². The molecule has 0 amide bonds. The maximum absolute atomic E-state index is 10.9. The molecule has 0 radical (unpaired) electrons. The molecule has 0 bridgehead atoms. The third kappa shape index (κ3) is 1.99. The number of aliphatic carboxylic acids is 1. The minimum atomic E-state index is -1.22. The van der Waals surface area contributed by atoms with Gasteiger partial charge in [-0.25, -0.2) is 9.78 Å². The molecule has 2 rings (SSSR count). The van der Waals surface area contributed by atoms with Crippen molar-refractivity contribution in [2.45, 2.75) is 19.4 Å². The Kier molecular flexibility index (Phi) is 2.55. The second kappa shape index (κ2) is 3.75. The van der Waals surface area contributed by atoms with Crippen LogP contribution < -0.4 is 4.74 Å². The lowest BCUT2D eigenvalue weighted by Crippen LogP contribution is -2.37. The number of carboxylic acid groups (broad SMARTS) is 1. The van der Waals surface area contributed by atoms with Gasteiger partial charge in [0, 0.05) is 0 Å². The largest absolute Gasteiger partial charge is 0.478 e. The van der Waals surface area contributed by atoms with E-state index in [-0.39, 0.29) is 0 Å². The first-order valence-corrected chi connectivity index (χ1v) is 5.63. The first kappa shape index (κ1) is 10.9. The topological polar surface area (TPSA) is 59.4 Å². The molecule has 4 nitrogen and oxygen atoms in total. The van der Waals surface area contributed by atoms with E-state index in [1.165, 1.54) is 25.2 Å². The standard InChI is InChI=1S/C11H11NO3S/c1-11(2,10(13)14)15-7-3-4-8-9(5-7)16-6-12-8/h3-6H,1-2H3,(H,13,14). The van der Waals surface area contributed by atoms with Gasteiger partial charge < -0.3 is 9.84 Å². The number of ether oxygens (including phenoxy) is 1. The predicted octanol–water partition coefficient (Wildman–Crippen LogP) is 2.54. The van der Waals surface area contributed by atoms with Crippen LogP contribution in [0.15, 0.2) is 23.7 Å². The number of aromatic nitrogens is 1. The monoisotopic (exact) mass is 237 g/mol. The normalized spacial score (nSPS) is 11.6. The molecule has 0 aliphatic carbocycles. The van der Waals surface area contributed by atoms with E-state index in [1.54, 1.807) is 17.6 Å². The van der Waals surface area contributed by atoms with E-state index in [4.69, 9.17) is 9.84 Å². The Morgan fingerprint density at radius 3 is 2.94 bits per heavy atom. The molecular weight excluding hydrogens is 226 g/mol. The van der Waals surface area contributed by atoms with Crippen molar-refractivity contribution in [3.05, 3.63) is 23.7 Å². The third-order valence-electron chi connectivity index (χ3n) is 2.19. The average molecular weight is 237 g/mol. The zero-order valence-electron chi connectivity index (χ0n) is 8.93. The lowest BCUT2D eigenvalue weighted by Gasteiger charge is -2.21. The van der Waals surface area contributed by atoms with Gasteiger partial charge in [-0.05, 0) is 32.0 Å². The van der Waals surface area contributed by atoms with Crippen LogP contribution in [0.25, 0.3) is 10.2 Å². The summed E-state index contributed by atoms with van der Waals surface area (Å²) in [7, 11) is 0. The molecule has 0 saturated carbocycles. The lowest BCUT2D eigenvalue weighted by atomic mass is 10.1. The molecule has 1 heterocycles. The number of benzene rings is 1. The van der Waals surface area contributed by atoms with Gasteiger partial charge in [0.05, 0.1) is 15.7 Å². The van der Waals surface area contributed by atoms with Gasteiger partial charge in [-0.3, -0.25) is 0 Å². The fourth-order valence-corrected chi connectivity index (χ4v) is 1.94. The predicted molar refractivity (Wildman–Crippen MR) is 62.0 cm³/mol. The van der Waals surface area contributed by atoms with Crippen LogP contribution in [0.5, 0.6) is 5.75 Å². The molecule has 84 valence electrons.